The van der Waals surface area contributed by atoms with Gasteiger partial charge in [0.15, 0.2) is 0 Å². The SMILES string of the molecule is COc1cccc(NC(=O)CCN2CCSC2=O)c1. The minimum Gasteiger partial charge on any atom is -0.497 e. The predicted molar refractivity (Wildman–Crippen MR) is 75.7 cm³/mol. The standard InChI is InChI=1S/C13H16N2O3S/c1-18-11-4-2-3-10(9-11)14-12(16)5-6-15-7-8-19-13(15)17/h2-4,9H,5-8H2,1H3,(H,14,16). The average molecular weight is 280 g/mol. The zero-order chi connectivity index (χ0) is 13.7. The van der Waals surface area contributed by atoms with Crippen molar-refractivity contribution in [2.45, 2.75) is 6.42 Å². The van der Waals surface area contributed by atoms with Crippen LogP contribution in [0.3, 0.4) is 0 Å². The lowest BCUT2D eigenvalue weighted by Gasteiger charge is -2.14. The maximum atomic E-state index is 11.8. The third kappa shape index (κ3) is 3.89. The van der Waals surface area contributed by atoms with Crippen LogP contribution in [0, 0.1) is 0 Å². The Balaban J connectivity index is 1.82. The van der Waals surface area contributed by atoms with Gasteiger partial charge in [0.05, 0.1) is 7.11 Å². The molecular formula is C13H16N2O3S. The van der Waals surface area contributed by atoms with E-state index >= 15 is 0 Å². The first-order chi connectivity index (χ1) is 9.19. The number of ether oxygens (including phenoxy) is 1. The molecule has 0 bridgehead atoms. The van der Waals surface area contributed by atoms with E-state index in [0.29, 0.717) is 24.4 Å². The zero-order valence-corrected chi connectivity index (χ0v) is 11.5. The van der Waals surface area contributed by atoms with Crippen LogP contribution in [-0.2, 0) is 4.79 Å². The van der Waals surface area contributed by atoms with Crippen LogP contribution >= 0.6 is 11.8 Å². The minimum atomic E-state index is -0.0991. The van der Waals surface area contributed by atoms with Crippen molar-refractivity contribution in [3.63, 3.8) is 0 Å². The summed E-state index contributed by atoms with van der Waals surface area (Å²) in [6.07, 6.45) is 0.309. The number of amides is 2. The summed E-state index contributed by atoms with van der Waals surface area (Å²) in [6, 6.07) is 7.19. The number of nitrogens with one attached hydrogen (secondary N) is 1. The number of carbonyl (C=O) groups excluding carboxylic acids is 2. The molecule has 1 heterocycles. The number of rotatable bonds is 5. The van der Waals surface area contributed by atoms with Gasteiger partial charge >= 0.3 is 0 Å². The van der Waals surface area contributed by atoms with Crippen molar-refractivity contribution in [2.75, 3.05) is 31.3 Å². The van der Waals surface area contributed by atoms with E-state index < -0.39 is 0 Å². The molecule has 0 atom stereocenters. The minimum absolute atomic E-state index is 0.0641. The highest BCUT2D eigenvalue weighted by atomic mass is 32.2. The van der Waals surface area contributed by atoms with E-state index in [-0.39, 0.29) is 11.1 Å². The third-order valence-corrected chi connectivity index (χ3v) is 3.70. The summed E-state index contributed by atoms with van der Waals surface area (Å²) >= 11 is 1.30. The van der Waals surface area contributed by atoms with Gasteiger partial charge in [0.1, 0.15) is 5.75 Å². The number of methoxy groups -OCH3 is 1. The summed E-state index contributed by atoms with van der Waals surface area (Å²) in [5.74, 6) is 1.41. The van der Waals surface area contributed by atoms with Gasteiger partial charge in [0.25, 0.3) is 5.24 Å². The van der Waals surface area contributed by atoms with E-state index in [1.54, 1.807) is 24.1 Å². The molecule has 1 fully saturated rings. The third-order valence-electron chi connectivity index (χ3n) is 2.81. The lowest BCUT2D eigenvalue weighted by molar-refractivity contribution is -0.116. The molecule has 5 nitrogen and oxygen atoms in total. The monoisotopic (exact) mass is 280 g/mol. The summed E-state index contributed by atoms with van der Waals surface area (Å²) in [6.45, 7) is 1.21. The second-order valence-electron chi connectivity index (χ2n) is 4.13. The van der Waals surface area contributed by atoms with Crippen molar-refractivity contribution in [1.29, 1.82) is 0 Å². The fourth-order valence-corrected chi connectivity index (χ4v) is 2.64. The lowest BCUT2D eigenvalue weighted by atomic mass is 10.3. The fraction of sp³-hybridized carbons (Fsp3) is 0.385. The molecule has 1 N–H and O–H groups in total. The van der Waals surface area contributed by atoms with Gasteiger partial charge in [-0.2, -0.15) is 0 Å². The van der Waals surface area contributed by atoms with Gasteiger partial charge in [-0.1, -0.05) is 17.8 Å². The Kier molecular flexibility index (Phi) is 4.68. The molecule has 102 valence electrons. The van der Waals surface area contributed by atoms with Gasteiger partial charge in [-0.05, 0) is 12.1 Å². The highest BCUT2D eigenvalue weighted by molar-refractivity contribution is 8.13. The normalized spacial score (nSPS) is 14.6. The van der Waals surface area contributed by atoms with E-state index in [1.807, 2.05) is 12.1 Å². The largest absolute Gasteiger partial charge is 0.497 e. The first kappa shape index (κ1) is 13.7. The number of hydrogen-bond acceptors (Lipinski definition) is 4. The van der Waals surface area contributed by atoms with Crippen molar-refractivity contribution in [3.05, 3.63) is 24.3 Å². The molecule has 0 spiro atoms. The molecule has 1 aromatic rings. The fourth-order valence-electron chi connectivity index (χ4n) is 1.79. The molecule has 0 saturated carbocycles. The topological polar surface area (TPSA) is 58.6 Å². The van der Waals surface area contributed by atoms with Crippen LogP contribution < -0.4 is 10.1 Å². The first-order valence-corrected chi connectivity index (χ1v) is 7.03. The maximum Gasteiger partial charge on any atom is 0.281 e. The quantitative estimate of drug-likeness (QED) is 0.898. The molecule has 2 amide bonds. The Morgan fingerprint density at radius 3 is 3.05 bits per heavy atom. The van der Waals surface area contributed by atoms with Gasteiger partial charge in [-0.15, -0.1) is 0 Å². The van der Waals surface area contributed by atoms with Gasteiger partial charge in [0, 0.05) is 37.0 Å². The smallest absolute Gasteiger partial charge is 0.281 e. The van der Waals surface area contributed by atoms with E-state index in [2.05, 4.69) is 5.32 Å². The molecule has 1 aliphatic rings. The molecule has 6 heteroatoms. The summed E-state index contributed by atoms with van der Waals surface area (Å²) in [4.78, 5) is 24.9. The average Bonchev–Trinajstić information content (AvgIpc) is 2.82. The Morgan fingerprint density at radius 1 is 1.53 bits per heavy atom. The van der Waals surface area contributed by atoms with Gasteiger partial charge < -0.3 is 15.0 Å². The summed E-state index contributed by atoms with van der Waals surface area (Å²) in [7, 11) is 1.58. The highest BCUT2D eigenvalue weighted by Gasteiger charge is 2.21. The molecule has 2 rings (SSSR count). The number of anilines is 1. The zero-order valence-electron chi connectivity index (χ0n) is 10.7. The van der Waals surface area contributed by atoms with Crippen LogP contribution in [0.15, 0.2) is 24.3 Å². The van der Waals surface area contributed by atoms with Crippen LogP contribution in [0.1, 0.15) is 6.42 Å². The summed E-state index contributed by atoms with van der Waals surface area (Å²) in [5, 5.41) is 2.86. The Morgan fingerprint density at radius 2 is 2.37 bits per heavy atom. The van der Waals surface area contributed by atoms with Crippen molar-refractivity contribution < 1.29 is 14.3 Å². The second kappa shape index (κ2) is 6.47. The van der Waals surface area contributed by atoms with E-state index in [1.165, 1.54) is 11.8 Å². The number of thioether (sulfide) groups is 1. The molecule has 1 saturated heterocycles. The van der Waals surface area contributed by atoms with E-state index in [0.717, 1.165) is 12.3 Å². The molecule has 19 heavy (non-hydrogen) atoms. The Hall–Kier alpha value is -1.69. The molecular weight excluding hydrogens is 264 g/mol. The molecule has 0 unspecified atom stereocenters. The second-order valence-corrected chi connectivity index (χ2v) is 5.18. The highest BCUT2D eigenvalue weighted by Crippen LogP contribution is 2.18. The summed E-state index contributed by atoms with van der Waals surface area (Å²) < 4.78 is 5.08. The van der Waals surface area contributed by atoms with Gasteiger partial charge in [-0.3, -0.25) is 9.59 Å². The number of hydrogen-bond donors (Lipinski definition) is 1. The van der Waals surface area contributed by atoms with E-state index in [9.17, 15) is 9.59 Å². The maximum absolute atomic E-state index is 11.8. The van der Waals surface area contributed by atoms with Crippen molar-refractivity contribution in [1.82, 2.24) is 4.90 Å². The van der Waals surface area contributed by atoms with Crippen molar-refractivity contribution in [3.8, 4) is 5.75 Å². The first-order valence-electron chi connectivity index (χ1n) is 6.04. The Bertz CT molecular complexity index is 479. The van der Waals surface area contributed by atoms with Crippen molar-refractivity contribution >= 4 is 28.6 Å². The number of carbonyl (C=O) groups is 2. The van der Waals surface area contributed by atoms with Crippen LogP contribution in [0.4, 0.5) is 10.5 Å². The molecule has 1 aromatic carbocycles. The van der Waals surface area contributed by atoms with Gasteiger partial charge in [-0.25, -0.2) is 0 Å². The molecule has 0 radical (unpaired) electrons. The lowest BCUT2D eigenvalue weighted by Crippen LogP contribution is -2.27. The van der Waals surface area contributed by atoms with Gasteiger partial charge in [0.2, 0.25) is 5.91 Å². The number of benzene rings is 1. The van der Waals surface area contributed by atoms with Crippen LogP contribution in [0.5, 0.6) is 5.75 Å². The molecule has 0 aliphatic carbocycles. The predicted octanol–water partition coefficient (Wildman–Crippen LogP) is 2.19. The molecule has 1 aliphatic heterocycles. The Labute approximate surface area is 116 Å². The van der Waals surface area contributed by atoms with Crippen LogP contribution in [0.25, 0.3) is 0 Å². The van der Waals surface area contributed by atoms with Crippen LogP contribution in [0.2, 0.25) is 0 Å². The van der Waals surface area contributed by atoms with Crippen LogP contribution in [-0.4, -0.2) is 42.0 Å². The summed E-state index contributed by atoms with van der Waals surface area (Å²) in [5.41, 5.74) is 0.700. The van der Waals surface area contributed by atoms with E-state index in [4.69, 9.17) is 4.74 Å². The molecule has 0 aromatic heterocycles. The van der Waals surface area contributed by atoms with Crippen molar-refractivity contribution in [2.24, 2.45) is 0 Å². The number of nitrogens with zero attached hydrogens (tertiary/aromatic N) is 1.